The van der Waals surface area contributed by atoms with Crippen molar-refractivity contribution in [2.24, 2.45) is 0 Å². The van der Waals surface area contributed by atoms with E-state index in [0.717, 1.165) is 0 Å². The summed E-state index contributed by atoms with van der Waals surface area (Å²) in [6.07, 6.45) is 1.58. The number of nitrogens with one attached hydrogen (secondary N) is 2. The fourth-order valence-corrected chi connectivity index (χ4v) is 2.25. The van der Waals surface area contributed by atoms with Crippen molar-refractivity contribution < 1.29 is 4.39 Å². The van der Waals surface area contributed by atoms with Crippen LogP contribution in [0.1, 0.15) is 0 Å². The molecule has 0 bridgehead atoms. The summed E-state index contributed by atoms with van der Waals surface area (Å²) in [4.78, 5) is 8.41. The van der Waals surface area contributed by atoms with Gasteiger partial charge in [0, 0.05) is 16.9 Å². The molecule has 0 fully saturated rings. The van der Waals surface area contributed by atoms with Gasteiger partial charge in [0.05, 0.1) is 10.7 Å². The summed E-state index contributed by atoms with van der Waals surface area (Å²) in [6.45, 7) is 0. The van der Waals surface area contributed by atoms with Gasteiger partial charge in [-0.15, -0.1) is 0 Å². The van der Waals surface area contributed by atoms with Crippen molar-refractivity contribution in [2.45, 2.75) is 0 Å². The molecule has 0 amide bonds. The second kappa shape index (κ2) is 6.81. The van der Waals surface area contributed by atoms with Crippen molar-refractivity contribution in [1.29, 1.82) is 0 Å². The lowest BCUT2D eigenvalue weighted by Gasteiger charge is -2.10. The lowest BCUT2D eigenvalue weighted by atomic mass is 10.3. The molecular formula is C16H11Cl2FN4. The zero-order valence-corrected chi connectivity index (χ0v) is 13.2. The van der Waals surface area contributed by atoms with Gasteiger partial charge in [-0.1, -0.05) is 29.3 Å². The number of aromatic nitrogens is 2. The summed E-state index contributed by atoms with van der Waals surface area (Å²) in [5, 5.41) is 7.08. The number of nitrogens with zero attached hydrogens (tertiary/aromatic N) is 2. The van der Waals surface area contributed by atoms with Gasteiger partial charge in [-0.3, -0.25) is 0 Å². The highest BCUT2D eigenvalue weighted by atomic mass is 35.5. The first-order valence-electron chi connectivity index (χ1n) is 6.68. The summed E-state index contributed by atoms with van der Waals surface area (Å²) in [5.74, 6) is 0.525. The zero-order chi connectivity index (χ0) is 16.2. The highest BCUT2D eigenvalue weighted by molar-refractivity contribution is 6.35. The fraction of sp³-hybridized carbons (Fsp3) is 0. The number of halogens is 3. The Morgan fingerprint density at radius 2 is 1.83 bits per heavy atom. The summed E-state index contributed by atoms with van der Waals surface area (Å²) in [5.41, 5.74) is 1.19. The molecule has 0 atom stereocenters. The first kappa shape index (κ1) is 15.5. The smallest absolute Gasteiger partial charge is 0.229 e. The Bertz CT molecular complexity index is 842. The van der Waals surface area contributed by atoms with Gasteiger partial charge in [0.1, 0.15) is 11.6 Å². The minimum Gasteiger partial charge on any atom is -0.339 e. The molecule has 1 aromatic heterocycles. The predicted molar refractivity (Wildman–Crippen MR) is 91.5 cm³/mol. The fourth-order valence-electron chi connectivity index (χ4n) is 1.92. The van der Waals surface area contributed by atoms with Crippen molar-refractivity contribution in [2.75, 3.05) is 10.6 Å². The first-order chi connectivity index (χ1) is 11.1. The molecule has 4 nitrogen and oxygen atoms in total. The van der Waals surface area contributed by atoms with E-state index in [2.05, 4.69) is 20.6 Å². The van der Waals surface area contributed by atoms with Gasteiger partial charge in [-0.05, 0) is 42.5 Å². The lowest BCUT2D eigenvalue weighted by Crippen LogP contribution is -2.00. The Kier molecular flexibility index (Phi) is 4.60. The third kappa shape index (κ3) is 4.09. The summed E-state index contributed by atoms with van der Waals surface area (Å²) in [7, 11) is 0. The van der Waals surface area contributed by atoms with Gasteiger partial charge in [0.15, 0.2) is 0 Å². The minimum atomic E-state index is -0.338. The van der Waals surface area contributed by atoms with Gasteiger partial charge >= 0.3 is 0 Å². The van der Waals surface area contributed by atoms with E-state index in [1.54, 1.807) is 42.6 Å². The highest BCUT2D eigenvalue weighted by Gasteiger charge is 2.05. The average molecular weight is 349 g/mol. The molecule has 1 heterocycles. The second-order valence-corrected chi connectivity index (χ2v) is 5.49. The Morgan fingerprint density at radius 1 is 0.957 bits per heavy atom. The van der Waals surface area contributed by atoms with E-state index >= 15 is 0 Å². The van der Waals surface area contributed by atoms with Crippen LogP contribution in [0.5, 0.6) is 0 Å². The van der Waals surface area contributed by atoms with Crippen LogP contribution in [0.3, 0.4) is 0 Å². The van der Waals surface area contributed by atoms with Gasteiger partial charge in [-0.2, -0.15) is 4.98 Å². The zero-order valence-electron chi connectivity index (χ0n) is 11.7. The monoisotopic (exact) mass is 348 g/mol. The topological polar surface area (TPSA) is 49.8 Å². The van der Waals surface area contributed by atoms with Crippen LogP contribution in [-0.2, 0) is 0 Å². The van der Waals surface area contributed by atoms with Crippen molar-refractivity contribution in [1.82, 2.24) is 9.97 Å². The maximum atomic E-state index is 13.2. The third-order valence-electron chi connectivity index (χ3n) is 2.93. The Morgan fingerprint density at radius 3 is 2.65 bits per heavy atom. The predicted octanol–water partition coefficient (Wildman–Crippen LogP) is 5.41. The van der Waals surface area contributed by atoms with Crippen LogP contribution in [0.15, 0.2) is 54.7 Å². The van der Waals surface area contributed by atoms with Crippen molar-refractivity contribution >= 4 is 46.3 Å². The van der Waals surface area contributed by atoms with E-state index in [9.17, 15) is 4.39 Å². The van der Waals surface area contributed by atoms with E-state index in [0.29, 0.717) is 33.2 Å². The maximum absolute atomic E-state index is 13.2. The molecule has 23 heavy (non-hydrogen) atoms. The molecule has 0 aliphatic heterocycles. The molecule has 0 spiro atoms. The molecule has 7 heteroatoms. The molecule has 0 saturated heterocycles. The number of rotatable bonds is 4. The standard InChI is InChI=1S/C16H11Cl2FN4/c17-10-4-5-13(18)14(8-10)22-15-6-7-20-16(23-15)21-12-3-1-2-11(19)9-12/h1-9H,(H2,20,21,22,23). The molecule has 0 aliphatic rings. The Hall–Kier alpha value is -2.37. The van der Waals surface area contributed by atoms with Gasteiger partial charge < -0.3 is 10.6 Å². The third-order valence-corrected chi connectivity index (χ3v) is 3.49. The molecule has 3 rings (SSSR count). The van der Waals surface area contributed by atoms with Crippen molar-refractivity contribution in [3.63, 3.8) is 0 Å². The van der Waals surface area contributed by atoms with Crippen LogP contribution in [0.2, 0.25) is 10.0 Å². The number of anilines is 4. The molecule has 2 N–H and O–H groups in total. The second-order valence-electron chi connectivity index (χ2n) is 4.65. The van der Waals surface area contributed by atoms with E-state index in [-0.39, 0.29) is 5.82 Å². The summed E-state index contributed by atoms with van der Waals surface area (Å²) < 4.78 is 13.2. The SMILES string of the molecule is Fc1cccc(Nc2nccc(Nc3cc(Cl)ccc3Cl)n2)c1. The van der Waals surface area contributed by atoms with E-state index < -0.39 is 0 Å². The van der Waals surface area contributed by atoms with Gasteiger partial charge in [0.25, 0.3) is 0 Å². The normalized spacial score (nSPS) is 10.4. The van der Waals surface area contributed by atoms with Crippen LogP contribution in [0, 0.1) is 5.82 Å². The molecular weight excluding hydrogens is 338 g/mol. The lowest BCUT2D eigenvalue weighted by molar-refractivity contribution is 0.628. The van der Waals surface area contributed by atoms with Crippen LogP contribution < -0.4 is 10.6 Å². The maximum Gasteiger partial charge on any atom is 0.229 e. The van der Waals surface area contributed by atoms with Crippen molar-refractivity contribution in [3.8, 4) is 0 Å². The Labute approximate surface area is 142 Å². The summed E-state index contributed by atoms with van der Waals surface area (Å²) >= 11 is 12.1. The quantitative estimate of drug-likeness (QED) is 0.661. The van der Waals surface area contributed by atoms with Gasteiger partial charge in [-0.25, -0.2) is 9.37 Å². The van der Waals surface area contributed by atoms with Gasteiger partial charge in [0.2, 0.25) is 5.95 Å². The molecule has 0 aliphatic carbocycles. The Balaban J connectivity index is 1.81. The average Bonchev–Trinajstić information content (AvgIpc) is 2.51. The first-order valence-corrected chi connectivity index (χ1v) is 7.43. The molecule has 116 valence electrons. The minimum absolute atomic E-state index is 0.332. The molecule has 0 radical (unpaired) electrons. The molecule has 3 aromatic rings. The summed E-state index contributed by atoms with van der Waals surface area (Å²) in [6, 6.07) is 12.8. The number of hydrogen-bond donors (Lipinski definition) is 2. The molecule has 2 aromatic carbocycles. The number of benzene rings is 2. The molecule has 0 unspecified atom stereocenters. The van der Waals surface area contributed by atoms with Crippen molar-refractivity contribution in [3.05, 3.63) is 70.6 Å². The van der Waals surface area contributed by atoms with E-state index in [4.69, 9.17) is 23.2 Å². The van der Waals surface area contributed by atoms with Crippen LogP contribution in [0.4, 0.5) is 27.5 Å². The van der Waals surface area contributed by atoms with Crippen LogP contribution >= 0.6 is 23.2 Å². The van der Waals surface area contributed by atoms with E-state index in [1.165, 1.54) is 12.1 Å². The largest absolute Gasteiger partial charge is 0.339 e. The highest BCUT2D eigenvalue weighted by Crippen LogP contribution is 2.28. The van der Waals surface area contributed by atoms with E-state index in [1.807, 2.05) is 0 Å². The van der Waals surface area contributed by atoms with Crippen LogP contribution in [0.25, 0.3) is 0 Å². The molecule has 0 saturated carbocycles. The number of hydrogen-bond acceptors (Lipinski definition) is 4. The van der Waals surface area contributed by atoms with Crippen LogP contribution in [-0.4, -0.2) is 9.97 Å².